The van der Waals surface area contributed by atoms with Crippen molar-refractivity contribution in [3.8, 4) is 5.75 Å². The third kappa shape index (κ3) is 2.81. The minimum Gasteiger partial charge on any atom is -0.496 e. The Bertz CT molecular complexity index is 503. The van der Waals surface area contributed by atoms with Gasteiger partial charge in [0.25, 0.3) is 0 Å². The van der Waals surface area contributed by atoms with Gasteiger partial charge in [-0.3, -0.25) is 0 Å². The molecule has 1 aromatic carbocycles. The third-order valence-electron chi connectivity index (χ3n) is 2.91. The highest BCUT2D eigenvalue weighted by Gasteiger charge is 2.01. The molecule has 0 radical (unpaired) electrons. The van der Waals surface area contributed by atoms with Crippen molar-refractivity contribution in [3.05, 3.63) is 47.3 Å². The second-order valence-corrected chi connectivity index (χ2v) is 4.26. The highest BCUT2D eigenvalue weighted by molar-refractivity contribution is 5.39. The molecule has 0 bridgehead atoms. The first-order valence-electron chi connectivity index (χ1n) is 5.75. The quantitative estimate of drug-likeness (QED) is 0.848. The highest BCUT2D eigenvalue weighted by Crippen LogP contribution is 2.19. The molecule has 0 amide bonds. The lowest BCUT2D eigenvalue weighted by Crippen LogP contribution is -1.94. The van der Waals surface area contributed by atoms with Crippen LogP contribution in [0.4, 0.5) is 5.69 Å². The van der Waals surface area contributed by atoms with Crippen molar-refractivity contribution in [1.82, 2.24) is 4.98 Å². The van der Waals surface area contributed by atoms with Crippen molar-refractivity contribution in [2.45, 2.75) is 19.8 Å². The van der Waals surface area contributed by atoms with E-state index in [-0.39, 0.29) is 0 Å². The molecule has 0 saturated carbocycles. The molecule has 3 N–H and O–H groups in total. The Morgan fingerprint density at radius 3 is 2.65 bits per heavy atom. The van der Waals surface area contributed by atoms with Crippen LogP contribution in [0.1, 0.15) is 16.8 Å². The number of nitrogen functional groups attached to an aromatic ring is 1. The molecule has 0 aliphatic heterocycles. The molecule has 1 heterocycles. The number of hydrogen-bond donors (Lipinski definition) is 2. The molecule has 0 atom stereocenters. The van der Waals surface area contributed by atoms with Gasteiger partial charge in [0, 0.05) is 17.6 Å². The standard InChI is InChI=1S/C14H18N2O/c1-10-7-11(4-6-14(10)17-2)3-5-13-8-12(15)9-16-13/h4,6-9,16H,3,5,15H2,1-2H3. The largest absolute Gasteiger partial charge is 0.496 e. The Hall–Kier alpha value is -1.90. The summed E-state index contributed by atoms with van der Waals surface area (Å²) in [5.74, 6) is 0.942. The fourth-order valence-corrected chi connectivity index (χ4v) is 1.98. The first-order chi connectivity index (χ1) is 8.19. The van der Waals surface area contributed by atoms with E-state index in [0.717, 1.165) is 24.3 Å². The molecule has 0 aliphatic rings. The summed E-state index contributed by atoms with van der Waals surface area (Å²) in [6, 6.07) is 8.29. The van der Waals surface area contributed by atoms with E-state index < -0.39 is 0 Å². The van der Waals surface area contributed by atoms with Crippen LogP contribution in [0.15, 0.2) is 30.5 Å². The second kappa shape index (κ2) is 4.95. The van der Waals surface area contributed by atoms with E-state index in [1.807, 2.05) is 18.3 Å². The molecule has 0 saturated heterocycles. The number of nitrogens with two attached hydrogens (primary N) is 1. The molecule has 0 aliphatic carbocycles. The maximum Gasteiger partial charge on any atom is 0.121 e. The highest BCUT2D eigenvalue weighted by atomic mass is 16.5. The number of ether oxygens (including phenoxy) is 1. The Morgan fingerprint density at radius 2 is 2.06 bits per heavy atom. The Morgan fingerprint density at radius 1 is 1.24 bits per heavy atom. The van der Waals surface area contributed by atoms with Crippen LogP contribution in [0.5, 0.6) is 5.75 Å². The van der Waals surface area contributed by atoms with Crippen molar-refractivity contribution < 1.29 is 4.74 Å². The number of aromatic amines is 1. The zero-order valence-corrected chi connectivity index (χ0v) is 10.3. The smallest absolute Gasteiger partial charge is 0.121 e. The molecule has 2 aromatic rings. The number of rotatable bonds is 4. The summed E-state index contributed by atoms with van der Waals surface area (Å²) in [5.41, 5.74) is 10.1. The fourth-order valence-electron chi connectivity index (χ4n) is 1.98. The average molecular weight is 230 g/mol. The maximum atomic E-state index is 5.66. The van der Waals surface area contributed by atoms with Gasteiger partial charge >= 0.3 is 0 Å². The fraction of sp³-hybridized carbons (Fsp3) is 0.286. The summed E-state index contributed by atoms with van der Waals surface area (Å²) in [6.45, 7) is 2.06. The number of methoxy groups -OCH3 is 1. The number of aryl methyl sites for hydroxylation is 3. The predicted octanol–water partition coefficient (Wildman–Crippen LogP) is 2.70. The van der Waals surface area contributed by atoms with Crippen LogP contribution in [0.2, 0.25) is 0 Å². The summed E-state index contributed by atoms with van der Waals surface area (Å²) >= 11 is 0. The SMILES string of the molecule is COc1ccc(CCc2cc(N)c[nH]2)cc1C. The molecule has 17 heavy (non-hydrogen) atoms. The van der Waals surface area contributed by atoms with Crippen molar-refractivity contribution in [1.29, 1.82) is 0 Å². The van der Waals surface area contributed by atoms with Crippen LogP contribution in [0.25, 0.3) is 0 Å². The van der Waals surface area contributed by atoms with Gasteiger partial charge in [-0.15, -0.1) is 0 Å². The number of hydrogen-bond acceptors (Lipinski definition) is 2. The Kier molecular flexibility index (Phi) is 3.38. The van der Waals surface area contributed by atoms with Gasteiger partial charge < -0.3 is 15.5 Å². The lowest BCUT2D eigenvalue weighted by atomic mass is 10.1. The average Bonchev–Trinajstić information content (AvgIpc) is 2.73. The van der Waals surface area contributed by atoms with Gasteiger partial charge in [-0.25, -0.2) is 0 Å². The van der Waals surface area contributed by atoms with Crippen LogP contribution in [-0.2, 0) is 12.8 Å². The zero-order valence-electron chi connectivity index (χ0n) is 10.3. The van der Waals surface area contributed by atoms with Gasteiger partial charge in [-0.1, -0.05) is 12.1 Å². The van der Waals surface area contributed by atoms with E-state index in [0.29, 0.717) is 0 Å². The number of nitrogens with one attached hydrogen (secondary N) is 1. The van der Waals surface area contributed by atoms with Crippen molar-refractivity contribution in [3.63, 3.8) is 0 Å². The first-order valence-corrected chi connectivity index (χ1v) is 5.75. The molecule has 1 aromatic heterocycles. The number of benzene rings is 1. The summed E-state index contributed by atoms with van der Waals surface area (Å²) in [6.07, 6.45) is 3.81. The number of anilines is 1. The van der Waals surface area contributed by atoms with Crippen LogP contribution >= 0.6 is 0 Å². The summed E-state index contributed by atoms with van der Waals surface area (Å²) in [5, 5.41) is 0. The number of H-pyrrole nitrogens is 1. The predicted molar refractivity (Wildman–Crippen MR) is 70.3 cm³/mol. The second-order valence-electron chi connectivity index (χ2n) is 4.26. The van der Waals surface area contributed by atoms with Crippen molar-refractivity contribution in [2.24, 2.45) is 0 Å². The minimum absolute atomic E-state index is 0.797. The van der Waals surface area contributed by atoms with E-state index >= 15 is 0 Å². The molecule has 0 fully saturated rings. The summed E-state index contributed by atoms with van der Waals surface area (Å²) in [7, 11) is 1.70. The van der Waals surface area contributed by atoms with Gasteiger partial charge in [-0.05, 0) is 43.0 Å². The lowest BCUT2D eigenvalue weighted by molar-refractivity contribution is 0.411. The number of aromatic nitrogens is 1. The first kappa shape index (κ1) is 11.6. The van der Waals surface area contributed by atoms with E-state index in [1.165, 1.54) is 16.8 Å². The van der Waals surface area contributed by atoms with Crippen molar-refractivity contribution in [2.75, 3.05) is 12.8 Å². The summed E-state index contributed by atoms with van der Waals surface area (Å²) < 4.78 is 5.24. The van der Waals surface area contributed by atoms with E-state index in [1.54, 1.807) is 7.11 Å². The monoisotopic (exact) mass is 230 g/mol. The zero-order chi connectivity index (χ0) is 12.3. The molecule has 2 rings (SSSR count). The topological polar surface area (TPSA) is 51.0 Å². The normalized spacial score (nSPS) is 10.5. The van der Waals surface area contributed by atoms with Crippen LogP contribution in [0.3, 0.4) is 0 Å². The van der Waals surface area contributed by atoms with Gasteiger partial charge in [0.05, 0.1) is 7.11 Å². The van der Waals surface area contributed by atoms with Crippen LogP contribution in [-0.4, -0.2) is 12.1 Å². The van der Waals surface area contributed by atoms with Gasteiger partial charge in [0.2, 0.25) is 0 Å². The molecular formula is C14H18N2O. The molecule has 3 heteroatoms. The van der Waals surface area contributed by atoms with Crippen molar-refractivity contribution >= 4 is 5.69 Å². The van der Waals surface area contributed by atoms with E-state index in [2.05, 4.69) is 24.0 Å². The van der Waals surface area contributed by atoms with Gasteiger partial charge in [0.1, 0.15) is 5.75 Å². The van der Waals surface area contributed by atoms with Crippen LogP contribution < -0.4 is 10.5 Å². The third-order valence-corrected chi connectivity index (χ3v) is 2.91. The molecule has 90 valence electrons. The minimum atomic E-state index is 0.797. The van der Waals surface area contributed by atoms with Gasteiger partial charge in [-0.2, -0.15) is 0 Å². The maximum absolute atomic E-state index is 5.66. The molecule has 3 nitrogen and oxygen atoms in total. The van der Waals surface area contributed by atoms with E-state index in [9.17, 15) is 0 Å². The lowest BCUT2D eigenvalue weighted by Gasteiger charge is -2.06. The summed E-state index contributed by atoms with van der Waals surface area (Å²) in [4.78, 5) is 3.16. The van der Waals surface area contributed by atoms with Gasteiger partial charge in [0.15, 0.2) is 0 Å². The van der Waals surface area contributed by atoms with E-state index in [4.69, 9.17) is 10.5 Å². The Labute approximate surface area is 102 Å². The molecular weight excluding hydrogens is 212 g/mol. The van der Waals surface area contributed by atoms with Crippen LogP contribution in [0, 0.1) is 6.92 Å². The molecule has 0 spiro atoms. The molecule has 0 unspecified atom stereocenters. The Balaban J connectivity index is 2.02.